The van der Waals surface area contributed by atoms with Crippen LogP contribution in [0, 0.1) is 5.82 Å². The molecular weight excluding hydrogens is 331 g/mol. The first kappa shape index (κ1) is 18.2. The summed E-state index contributed by atoms with van der Waals surface area (Å²) in [5, 5.41) is 2.88. The lowest BCUT2D eigenvalue weighted by molar-refractivity contribution is -0.123. The fourth-order valence-electron chi connectivity index (χ4n) is 3.20. The summed E-state index contributed by atoms with van der Waals surface area (Å²) in [5.41, 5.74) is 2.26. The third-order valence-electron chi connectivity index (χ3n) is 4.69. The number of hydrogen-bond donors (Lipinski definition) is 1. The van der Waals surface area contributed by atoms with Crippen LogP contribution < -0.4 is 15.0 Å². The molecule has 1 aliphatic heterocycles. The van der Waals surface area contributed by atoms with Crippen LogP contribution in [0.3, 0.4) is 0 Å². The maximum absolute atomic E-state index is 13.5. The van der Waals surface area contributed by atoms with Gasteiger partial charge in [0.1, 0.15) is 0 Å². The number of halogens is 1. The summed E-state index contributed by atoms with van der Waals surface area (Å²) in [4.78, 5) is 14.5. The zero-order valence-corrected chi connectivity index (χ0v) is 15.1. The van der Waals surface area contributed by atoms with Crippen LogP contribution >= 0.6 is 0 Å². The van der Waals surface area contributed by atoms with Gasteiger partial charge in [-0.25, -0.2) is 4.39 Å². The Morgan fingerprint density at radius 3 is 2.50 bits per heavy atom. The molecule has 26 heavy (non-hydrogen) atoms. The fraction of sp³-hybridized carbons (Fsp3) is 0.381. The zero-order valence-electron chi connectivity index (χ0n) is 15.1. The molecule has 0 spiro atoms. The Bertz CT molecular complexity index is 727. The second kappa shape index (κ2) is 8.70. The van der Waals surface area contributed by atoms with Crippen LogP contribution in [0.15, 0.2) is 48.5 Å². The van der Waals surface area contributed by atoms with Crippen LogP contribution in [0.5, 0.6) is 5.75 Å². The topological polar surface area (TPSA) is 41.6 Å². The van der Waals surface area contributed by atoms with E-state index in [-0.39, 0.29) is 24.3 Å². The molecule has 1 unspecified atom stereocenters. The van der Waals surface area contributed by atoms with Gasteiger partial charge in [-0.3, -0.25) is 4.79 Å². The number of ether oxygens (including phenoxy) is 1. The van der Waals surface area contributed by atoms with Crippen molar-refractivity contribution in [1.29, 1.82) is 0 Å². The van der Waals surface area contributed by atoms with Crippen molar-refractivity contribution in [3.8, 4) is 5.75 Å². The Morgan fingerprint density at radius 1 is 1.12 bits per heavy atom. The largest absolute Gasteiger partial charge is 0.481 e. The van der Waals surface area contributed by atoms with Crippen molar-refractivity contribution in [2.75, 3.05) is 24.6 Å². The fourth-order valence-corrected chi connectivity index (χ4v) is 3.20. The highest BCUT2D eigenvalue weighted by atomic mass is 19.1. The van der Waals surface area contributed by atoms with Crippen LogP contribution in [-0.2, 0) is 4.79 Å². The van der Waals surface area contributed by atoms with Crippen LogP contribution in [0.2, 0.25) is 0 Å². The standard InChI is InChI=1S/C21H25FN2O2/c1-16(23-21(25)15-26-20-8-4-3-7-19(20)22)17-9-11-18(12-10-17)24-13-5-2-6-14-24/h3-4,7-12,16H,2,5-6,13-15H2,1H3,(H,23,25). The molecule has 0 aromatic heterocycles. The lowest BCUT2D eigenvalue weighted by Crippen LogP contribution is -2.31. The van der Waals surface area contributed by atoms with Crippen molar-refractivity contribution in [3.63, 3.8) is 0 Å². The van der Waals surface area contributed by atoms with Gasteiger partial charge in [-0.05, 0) is 56.0 Å². The van der Waals surface area contributed by atoms with E-state index in [0.717, 1.165) is 18.7 Å². The van der Waals surface area contributed by atoms with Crippen molar-refractivity contribution in [2.24, 2.45) is 0 Å². The number of nitrogens with zero attached hydrogens (tertiary/aromatic N) is 1. The van der Waals surface area contributed by atoms with Crippen molar-refractivity contribution in [3.05, 3.63) is 59.9 Å². The first-order valence-electron chi connectivity index (χ1n) is 9.15. The van der Waals surface area contributed by atoms with E-state index in [4.69, 9.17) is 4.74 Å². The average Bonchev–Trinajstić information content (AvgIpc) is 2.68. The Hall–Kier alpha value is -2.56. The summed E-state index contributed by atoms with van der Waals surface area (Å²) < 4.78 is 18.7. The molecule has 1 saturated heterocycles. The minimum Gasteiger partial charge on any atom is -0.481 e. The number of amides is 1. The molecule has 1 aliphatic rings. The number of anilines is 1. The average molecular weight is 356 g/mol. The molecule has 0 bridgehead atoms. The number of benzene rings is 2. The Morgan fingerprint density at radius 2 is 1.81 bits per heavy atom. The maximum Gasteiger partial charge on any atom is 0.258 e. The SMILES string of the molecule is CC(NC(=O)COc1ccccc1F)c1ccc(N2CCCCC2)cc1. The van der Waals surface area contributed by atoms with Gasteiger partial charge < -0.3 is 15.0 Å². The first-order chi connectivity index (χ1) is 12.6. The molecule has 1 amide bonds. The molecule has 1 N–H and O–H groups in total. The number of para-hydroxylation sites is 1. The predicted molar refractivity (Wildman–Crippen MR) is 101 cm³/mol. The first-order valence-corrected chi connectivity index (χ1v) is 9.15. The summed E-state index contributed by atoms with van der Waals surface area (Å²) in [6.45, 7) is 3.94. The number of piperidine rings is 1. The normalized spacial score (nSPS) is 15.4. The minimum absolute atomic E-state index is 0.0844. The predicted octanol–water partition coefficient (Wildman–Crippen LogP) is 4.07. The van der Waals surface area contributed by atoms with Crippen LogP contribution in [0.4, 0.5) is 10.1 Å². The Balaban J connectivity index is 1.51. The molecule has 1 fully saturated rings. The summed E-state index contributed by atoms with van der Waals surface area (Å²) in [7, 11) is 0. The monoisotopic (exact) mass is 356 g/mol. The van der Waals surface area contributed by atoms with E-state index in [9.17, 15) is 9.18 Å². The molecule has 2 aromatic rings. The summed E-state index contributed by atoms with van der Waals surface area (Å²) in [6, 6.07) is 14.2. The smallest absolute Gasteiger partial charge is 0.258 e. The van der Waals surface area contributed by atoms with E-state index >= 15 is 0 Å². The van der Waals surface area contributed by atoms with Gasteiger partial charge in [0, 0.05) is 18.8 Å². The Kier molecular flexibility index (Phi) is 6.10. The van der Waals surface area contributed by atoms with E-state index in [0.29, 0.717) is 0 Å². The third-order valence-corrected chi connectivity index (χ3v) is 4.69. The third kappa shape index (κ3) is 4.75. The highest BCUT2D eigenvalue weighted by Gasteiger charge is 2.14. The van der Waals surface area contributed by atoms with Gasteiger partial charge in [0.05, 0.1) is 6.04 Å². The summed E-state index contributed by atoms with van der Waals surface area (Å²) in [5.74, 6) is -0.663. The van der Waals surface area contributed by atoms with Crippen molar-refractivity contribution in [1.82, 2.24) is 5.32 Å². The van der Waals surface area contributed by atoms with Gasteiger partial charge in [-0.2, -0.15) is 0 Å². The van der Waals surface area contributed by atoms with Crippen LogP contribution in [-0.4, -0.2) is 25.6 Å². The molecule has 5 heteroatoms. The molecule has 138 valence electrons. The van der Waals surface area contributed by atoms with Gasteiger partial charge in [-0.1, -0.05) is 24.3 Å². The van der Waals surface area contributed by atoms with Gasteiger partial charge >= 0.3 is 0 Å². The van der Waals surface area contributed by atoms with Crippen LogP contribution in [0.1, 0.15) is 37.8 Å². The number of rotatable bonds is 6. The van der Waals surface area contributed by atoms with Crippen molar-refractivity contribution >= 4 is 11.6 Å². The van der Waals surface area contributed by atoms with Crippen molar-refractivity contribution < 1.29 is 13.9 Å². The molecule has 0 aliphatic carbocycles. The lowest BCUT2D eigenvalue weighted by Gasteiger charge is -2.29. The second-order valence-electron chi connectivity index (χ2n) is 6.65. The second-order valence-corrected chi connectivity index (χ2v) is 6.65. The minimum atomic E-state index is -0.471. The molecule has 3 rings (SSSR count). The molecule has 0 radical (unpaired) electrons. The van der Waals surface area contributed by atoms with Gasteiger partial charge in [0.25, 0.3) is 5.91 Å². The summed E-state index contributed by atoms with van der Waals surface area (Å²) in [6.07, 6.45) is 3.80. The number of hydrogen-bond acceptors (Lipinski definition) is 3. The number of carbonyl (C=O) groups excluding carboxylic acids is 1. The molecule has 2 aromatic carbocycles. The van der Waals surface area contributed by atoms with E-state index in [2.05, 4.69) is 22.3 Å². The maximum atomic E-state index is 13.5. The molecule has 4 nitrogen and oxygen atoms in total. The van der Waals surface area contributed by atoms with Gasteiger partial charge in [0.2, 0.25) is 0 Å². The number of carbonyl (C=O) groups is 1. The van der Waals surface area contributed by atoms with Gasteiger partial charge in [0.15, 0.2) is 18.2 Å². The van der Waals surface area contributed by atoms with E-state index in [1.165, 1.54) is 37.1 Å². The lowest BCUT2D eigenvalue weighted by atomic mass is 10.1. The van der Waals surface area contributed by atoms with Gasteiger partial charge in [-0.15, -0.1) is 0 Å². The highest BCUT2D eigenvalue weighted by molar-refractivity contribution is 5.78. The van der Waals surface area contributed by atoms with E-state index in [1.54, 1.807) is 12.1 Å². The van der Waals surface area contributed by atoms with Crippen LogP contribution in [0.25, 0.3) is 0 Å². The molecule has 0 saturated carbocycles. The quantitative estimate of drug-likeness (QED) is 0.848. The van der Waals surface area contributed by atoms with Crippen molar-refractivity contribution in [2.45, 2.75) is 32.2 Å². The molecule has 1 heterocycles. The van der Waals surface area contributed by atoms with E-state index < -0.39 is 5.82 Å². The van der Waals surface area contributed by atoms with E-state index in [1.807, 2.05) is 19.1 Å². The summed E-state index contributed by atoms with van der Waals surface area (Å²) >= 11 is 0. The highest BCUT2D eigenvalue weighted by Crippen LogP contribution is 2.22. The Labute approximate surface area is 154 Å². The molecule has 1 atom stereocenters. The number of nitrogens with one attached hydrogen (secondary N) is 1. The zero-order chi connectivity index (χ0) is 18.4. The molecular formula is C21H25FN2O2.